The highest BCUT2D eigenvalue weighted by Crippen LogP contribution is 2.26. The minimum Gasteiger partial charge on any atom is -0.383 e. The van der Waals surface area contributed by atoms with Gasteiger partial charge in [-0.25, -0.2) is 0 Å². The molecular weight excluding hydrogens is 415 g/mol. The first-order valence-corrected chi connectivity index (χ1v) is 8.74. The van der Waals surface area contributed by atoms with E-state index in [1.54, 1.807) is 14.2 Å². The van der Waals surface area contributed by atoms with Crippen molar-refractivity contribution >= 4 is 47.6 Å². The summed E-state index contributed by atoms with van der Waals surface area (Å²) in [5.41, 5.74) is 0. The SMILES string of the molecule is CN=C(NCC(=O)NCCOC)NC1CCCC(SC)C1.I. The summed E-state index contributed by atoms with van der Waals surface area (Å²) in [6.07, 6.45) is 7.04. The number of carbonyl (C=O) groups excluding carboxylic acids is 1. The van der Waals surface area contributed by atoms with E-state index in [0.717, 1.165) is 18.1 Å². The zero-order chi connectivity index (χ0) is 15.5. The highest BCUT2D eigenvalue weighted by molar-refractivity contribution is 14.0. The molecule has 0 bridgehead atoms. The van der Waals surface area contributed by atoms with Gasteiger partial charge in [-0.15, -0.1) is 24.0 Å². The number of amides is 1. The molecule has 0 aromatic carbocycles. The smallest absolute Gasteiger partial charge is 0.239 e. The van der Waals surface area contributed by atoms with Crippen molar-refractivity contribution < 1.29 is 9.53 Å². The van der Waals surface area contributed by atoms with Crippen molar-refractivity contribution in [1.29, 1.82) is 0 Å². The topological polar surface area (TPSA) is 74.8 Å². The Morgan fingerprint density at radius 1 is 1.36 bits per heavy atom. The molecule has 0 aromatic heterocycles. The number of hydrogen-bond donors (Lipinski definition) is 3. The molecule has 2 atom stereocenters. The summed E-state index contributed by atoms with van der Waals surface area (Å²) in [6, 6.07) is 0.443. The van der Waals surface area contributed by atoms with E-state index in [-0.39, 0.29) is 36.4 Å². The number of guanidine groups is 1. The van der Waals surface area contributed by atoms with Crippen molar-refractivity contribution in [2.24, 2.45) is 4.99 Å². The maximum atomic E-state index is 11.6. The lowest BCUT2D eigenvalue weighted by atomic mass is 9.95. The van der Waals surface area contributed by atoms with Gasteiger partial charge in [0.2, 0.25) is 5.91 Å². The number of nitrogens with one attached hydrogen (secondary N) is 3. The molecule has 0 saturated heterocycles. The van der Waals surface area contributed by atoms with Gasteiger partial charge in [0.05, 0.1) is 13.2 Å². The zero-order valence-corrected chi connectivity index (χ0v) is 16.8. The third-order valence-electron chi connectivity index (χ3n) is 3.57. The van der Waals surface area contributed by atoms with Gasteiger partial charge in [-0.1, -0.05) is 6.42 Å². The number of hydrogen-bond acceptors (Lipinski definition) is 4. The van der Waals surface area contributed by atoms with Crippen LogP contribution in [0.3, 0.4) is 0 Å². The van der Waals surface area contributed by atoms with Crippen molar-refractivity contribution in [2.45, 2.75) is 37.0 Å². The van der Waals surface area contributed by atoms with Crippen LogP contribution in [0.2, 0.25) is 0 Å². The van der Waals surface area contributed by atoms with Crippen LogP contribution in [0.4, 0.5) is 0 Å². The van der Waals surface area contributed by atoms with E-state index < -0.39 is 0 Å². The normalized spacial score (nSPS) is 21.7. The minimum absolute atomic E-state index is 0. The molecule has 0 aliphatic heterocycles. The lowest BCUT2D eigenvalue weighted by molar-refractivity contribution is -0.120. The van der Waals surface area contributed by atoms with E-state index in [0.29, 0.717) is 25.2 Å². The van der Waals surface area contributed by atoms with E-state index in [4.69, 9.17) is 4.74 Å². The Morgan fingerprint density at radius 3 is 2.77 bits per heavy atom. The predicted octanol–water partition coefficient (Wildman–Crippen LogP) is 1.21. The van der Waals surface area contributed by atoms with Gasteiger partial charge in [0.15, 0.2) is 5.96 Å². The molecule has 22 heavy (non-hydrogen) atoms. The molecule has 3 N–H and O–H groups in total. The lowest BCUT2D eigenvalue weighted by Crippen LogP contribution is -2.48. The summed E-state index contributed by atoms with van der Waals surface area (Å²) in [7, 11) is 3.34. The van der Waals surface area contributed by atoms with Crippen LogP contribution in [0.1, 0.15) is 25.7 Å². The Morgan fingerprint density at radius 2 is 2.14 bits per heavy atom. The Balaban J connectivity index is 0.00000441. The highest BCUT2D eigenvalue weighted by atomic mass is 127. The molecule has 0 radical (unpaired) electrons. The van der Waals surface area contributed by atoms with Crippen molar-refractivity contribution in [3.63, 3.8) is 0 Å². The van der Waals surface area contributed by atoms with Crippen LogP contribution in [0.25, 0.3) is 0 Å². The molecule has 1 saturated carbocycles. The molecule has 1 aliphatic carbocycles. The summed E-state index contributed by atoms with van der Waals surface area (Å²) < 4.78 is 4.89. The number of nitrogens with zero attached hydrogens (tertiary/aromatic N) is 1. The standard InChI is InChI=1S/C14H28N4O2S.HI/c1-15-14(17-10-13(19)16-7-8-20-2)18-11-5-4-6-12(9-11)21-3;/h11-12H,4-10H2,1-3H3,(H,16,19)(H2,15,17,18);1H. The molecule has 1 fully saturated rings. The first-order valence-electron chi connectivity index (χ1n) is 7.45. The van der Waals surface area contributed by atoms with Crippen LogP contribution in [0.5, 0.6) is 0 Å². The molecule has 8 heteroatoms. The van der Waals surface area contributed by atoms with E-state index in [2.05, 4.69) is 27.2 Å². The fourth-order valence-electron chi connectivity index (χ4n) is 2.40. The van der Waals surface area contributed by atoms with E-state index >= 15 is 0 Å². The van der Waals surface area contributed by atoms with Crippen LogP contribution in [0, 0.1) is 0 Å². The van der Waals surface area contributed by atoms with E-state index in [9.17, 15) is 4.79 Å². The molecule has 6 nitrogen and oxygen atoms in total. The molecule has 2 unspecified atom stereocenters. The fourth-order valence-corrected chi connectivity index (χ4v) is 3.22. The molecule has 1 rings (SSSR count). The highest BCUT2D eigenvalue weighted by Gasteiger charge is 2.21. The van der Waals surface area contributed by atoms with Gasteiger partial charge in [0.1, 0.15) is 0 Å². The van der Waals surface area contributed by atoms with Crippen molar-refractivity contribution in [1.82, 2.24) is 16.0 Å². The number of carbonyl (C=O) groups is 1. The second-order valence-electron chi connectivity index (χ2n) is 5.13. The van der Waals surface area contributed by atoms with Crippen LogP contribution >= 0.6 is 35.7 Å². The minimum atomic E-state index is -0.0550. The van der Waals surface area contributed by atoms with E-state index in [1.807, 2.05) is 11.8 Å². The first-order chi connectivity index (χ1) is 10.2. The molecule has 0 aromatic rings. The van der Waals surface area contributed by atoms with Gasteiger partial charge in [0.25, 0.3) is 0 Å². The predicted molar refractivity (Wildman–Crippen MR) is 104 cm³/mol. The average Bonchev–Trinajstić information content (AvgIpc) is 2.51. The zero-order valence-electron chi connectivity index (χ0n) is 13.7. The van der Waals surface area contributed by atoms with Crippen LogP contribution in [-0.4, -0.2) is 63.3 Å². The number of methoxy groups -OCH3 is 1. The number of thioether (sulfide) groups is 1. The molecule has 0 heterocycles. The van der Waals surface area contributed by atoms with Gasteiger partial charge in [-0.2, -0.15) is 11.8 Å². The van der Waals surface area contributed by atoms with Crippen molar-refractivity contribution in [3.05, 3.63) is 0 Å². The summed E-state index contributed by atoms with van der Waals surface area (Å²) in [5.74, 6) is 0.643. The van der Waals surface area contributed by atoms with Crippen molar-refractivity contribution in [3.8, 4) is 0 Å². The Hall–Kier alpha value is -0.220. The maximum Gasteiger partial charge on any atom is 0.239 e. The first kappa shape index (κ1) is 21.8. The largest absolute Gasteiger partial charge is 0.383 e. The molecular formula is C14H29IN4O2S. The molecule has 0 spiro atoms. The fraction of sp³-hybridized carbons (Fsp3) is 0.857. The number of ether oxygens (including phenoxy) is 1. The number of halogens is 1. The van der Waals surface area contributed by atoms with Gasteiger partial charge < -0.3 is 20.7 Å². The number of aliphatic imine (C=N–C) groups is 1. The van der Waals surface area contributed by atoms with Gasteiger partial charge in [-0.05, 0) is 25.5 Å². The molecule has 1 amide bonds. The third-order valence-corrected chi connectivity index (χ3v) is 4.66. The van der Waals surface area contributed by atoms with Gasteiger partial charge >= 0.3 is 0 Å². The third kappa shape index (κ3) is 9.04. The average molecular weight is 444 g/mol. The Bertz CT molecular complexity index is 345. The van der Waals surface area contributed by atoms with Gasteiger partial charge in [-0.3, -0.25) is 9.79 Å². The summed E-state index contributed by atoms with van der Waals surface area (Å²) in [5, 5.41) is 9.97. The second-order valence-corrected chi connectivity index (χ2v) is 6.27. The lowest BCUT2D eigenvalue weighted by Gasteiger charge is -2.29. The van der Waals surface area contributed by atoms with E-state index in [1.165, 1.54) is 12.8 Å². The molecule has 130 valence electrons. The number of rotatable bonds is 7. The van der Waals surface area contributed by atoms with Crippen molar-refractivity contribution in [2.75, 3.05) is 40.1 Å². The Labute approximate surface area is 155 Å². The van der Waals surface area contributed by atoms with Gasteiger partial charge in [0, 0.05) is 32.0 Å². The van der Waals surface area contributed by atoms with Crippen LogP contribution < -0.4 is 16.0 Å². The molecule has 1 aliphatic rings. The van der Waals surface area contributed by atoms with Crippen LogP contribution in [0.15, 0.2) is 4.99 Å². The quantitative estimate of drug-likeness (QED) is 0.238. The Kier molecular flexibility index (Phi) is 13.1. The summed E-state index contributed by atoms with van der Waals surface area (Å²) in [4.78, 5) is 15.8. The maximum absolute atomic E-state index is 11.6. The summed E-state index contributed by atoms with van der Waals surface area (Å²) >= 11 is 1.94. The van der Waals surface area contributed by atoms with Crippen LogP contribution in [-0.2, 0) is 9.53 Å². The monoisotopic (exact) mass is 444 g/mol. The second kappa shape index (κ2) is 13.2. The summed E-state index contributed by atoms with van der Waals surface area (Å²) in [6.45, 7) is 1.28.